The maximum Gasteiger partial charge on any atom is 0.269 e. The number of aliphatic hydroxyl groups is 2. The van der Waals surface area contributed by atoms with E-state index in [4.69, 9.17) is 23.2 Å². The molecule has 104 valence electrons. The molecule has 2 N–H and O–H groups in total. The molecule has 0 unspecified atom stereocenters. The Morgan fingerprint density at radius 3 is 2.21 bits per heavy atom. The van der Waals surface area contributed by atoms with Crippen LogP contribution in [0.1, 0.15) is 18.1 Å². The van der Waals surface area contributed by atoms with Gasteiger partial charge in [-0.3, -0.25) is 14.9 Å². The second-order valence-electron chi connectivity index (χ2n) is 3.83. The van der Waals surface area contributed by atoms with E-state index in [1.807, 2.05) is 0 Å². The van der Waals surface area contributed by atoms with Crippen molar-refractivity contribution in [1.29, 1.82) is 0 Å². The smallest absolute Gasteiger partial charge is 0.269 e. The van der Waals surface area contributed by atoms with Gasteiger partial charge in [0.1, 0.15) is 6.10 Å². The molecule has 0 aliphatic heterocycles. The summed E-state index contributed by atoms with van der Waals surface area (Å²) in [5.74, 6) is -0.614. The average Bonchev–Trinajstić information content (AvgIpc) is 2.37. The van der Waals surface area contributed by atoms with E-state index in [1.165, 1.54) is 24.3 Å². The summed E-state index contributed by atoms with van der Waals surface area (Å²) in [5.41, 5.74) is 0.120. The van der Waals surface area contributed by atoms with Crippen LogP contribution in [0.2, 0.25) is 0 Å². The quantitative estimate of drug-likeness (QED) is 0.474. The van der Waals surface area contributed by atoms with Gasteiger partial charge >= 0.3 is 0 Å². The van der Waals surface area contributed by atoms with Crippen molar-refractivity contribution in [3.05, 3.63) is 39.9 Å². The molecule has 0 saturated carbocycles. The van der Waals surface area contributed by atoms with Crippen molar-refractivity contribution in [2.45, 2.75) is 23.5 Å². The van der Waals surface area contributed by atoms with Gasteiger partial charge in [-0.25, -0.2) is 0 Å². The van der Waals surface area contributed by atoms with Crippen LogP contribution in [0.15, 0.2) is 24.3 Å². The van der Waals surface area contributed by atoms with Crippen molar-refractivity contribution in [3.8, 4) is 0 Å². The molecule has 0 amide bonds. The van der Waals surface area contributed by atoms with Gasteiger partial charge in [0, 0.05) is 18.6 Å². The molecule has 0 aliphatic carbocycles. The van der Waals surface area contributed by atoms with E-state index < -0.39 is 34.2 Å². The third kappa shape index (κ3) is 4.43. The van der Waals surface area contributed by atoms with Crippen LogP contribution in [0.5, 0.6) is 0 Å². The first-order chi connectivity index (χ1) is 8.82. The van der Waals surface area contributed by atoms with Crippen LogP contribution >= 0.6 is 23.2 Å². The topological polar surface area (TPSA) is 101 Å². The minimum absolute atomic E-state index is 0.136. The van der Waals surface area contributed by atoms with E-state index in [0.29, 0.717) is 0 Å². The summed E-state index contributed by atoms with van der Waals surface area (Å²) in [6, 6.07) is 4.99. The Bertz CT molecular complexity index is 463. The molecule has 2 atom stereocenters. The average molecular weight is 308 g/mol. The molecule has 0 fully saturated rings. The first-order valence-corrected chi connectivity index (χ1v) is 6.11. The normalized spacial score (nSPS) is 14.2. The molecule has 1 rings (SSSR count). The second kappa shape index (κ2) is 6.81. The zero-order valence-corrected chi connectivity index (χ0v) is 11.1. The lowest BCUT2D eigenvalue weighted by atomic mass is 10.0. The van der Waals surface area contributed by atoms with Gasteiger partial charge in [0.05, 0.1) is 11.0 Å². The number of non-ortho nitro benzene ring substituents is 1. The lowest BCUT2D eigenvalue weighted by molar-refractivity contribution is -0.384. The van der Waals surface area contributed by atoms with Crippen LogP contribution in [0.3, 0.4) is 0 Å². The minimum Gasteiger partial charge on any atom is -0.390 e. The number of halogens is 2. The number of carbonyl (C=O) groups is 1. The maximum absolute atomic E-state index is 11.2. The number of nitrogens with zero attached hydrogens (tertiary/aromatic N) is 1. The fraction of sp³-hybridized carbons (Fsp3) is 0.364. The molecular formula is C11H11Cl2NO5. The lowest BCUT2D eigenvalue weighted by Crippen LogP contribution is -2.24. The van der Waals surface area contributed by atoms with Crippen molar-refractivity contribution in [3.63, 3.8) is 0 Å². The van der Waals surface area contributed by atoms with Gasteiger partial charge in [0.15, 0.2) is 10.6 Å². The number of hydrogen-bond acceptors (Lipinski definition) is 5. The van der Waals surface area contributed by atoms with Crippen molar-refractivity contribution >= 4 is 34.7 Å². The van der Waals surface area contributed by atoms with Crippen LogP contribution in [0.25, 0.3) is 0 Å². The first kappa shape index (κ1) is 15.8. The number of hydrogen-bond donors (Lipinski definition) is 2. The van der Waals surface area contributed by atoms with Crippen LogP contribution in [0, 0.1) is 10.1 Å². The van der Waals surface area contributed by atoms with Crippen molar-refractivity contribution in [2.24, 2.45) is 0 Å². The molecule has 0 aromatic heterocycles. The molecule has 0 bridgehead atoms. The number of carbonyl (C=O) groups excluding carboxylic acids is 1. The molecule has 1 aromatic carbocycles. The van der Waals surface area contributed by atoms with E-state index >= 15 is 0 Å². The SMILES string of the molecule is O=C(C[C@H](O)[C@H](O)c1ccc([N+](=O)[O-])cc1)C(Cl)Cl. The predicted octanol–water partition coefficient (Wildman–Crippen LogP) is 1.75. The van der Waals surface area contributed by atoms with Crippen LogP contribution in [-0.4, -0.2) is 31.9 Å². The Kier molecular flexibility index (Phi) is 5.68. The minimum atomic E-state index is -1.38. The molecule has 19 heavy (non-hydrogen) atoms. The van der Waals surface area contributed by atoms with Crippen molar-refractivity contribution < 1.29 is 19.9 Å². The van der Waals surface area contributed by atoms with Gasteiger partial charge in [0.2, 0.25) is 0 Å². The number of nitro benzene ring substituents is 1. The summed E-state index contributed by atoms with van der Waals surface area (Å²) in [6.45, 7) is 0. The summed E-state index contributed by atoms with van der Waals surface area (Å²) >= 11 is 10.7. The van der Waals surface area contributed by atoms with Crippen LogP contribution < -0.4 is 0 Å². The lowest BCUT2D eigenvalue weighted by Gasteiger charge is -2.17. The number of alkyl halides is 2. The number of benzene rings is 1. The molecule has 8 heteroatoms. The third-order valence-electron chi connectivity index (χ3n) is 2.46. The number of Topliss-reactive ketones (excluding diaryl/α,β-unsaturated/α-hetero) is 1. The molecule has 0 saturated heterocycles. The molecule has 0 aliphatic rings. The largest absolute Gasteiger partial charge is 0.390 e. The molecule has 0 heterocycles. The summed E-state index contributed by atoms with van der Waals surface area (Å²) in [5, 5.41) is 29.9. The summed E-state index contributed by atoms with van der Waals surface area (Å²) in [6.07, 6.45) is -3.14. The fourth-order valence-electron chi connectivity index (χ4n) is 1.42. The summed E-state index contributed by atoms with van der Waals surface area (Å²) < 4.78 is 0. The van der Waals surface area contributed by atoms with E-state index in [1.54, 1.807) is 0 Å². The van der Waals surface area contributed by atoms with Gasteiger partial charge in [0.25, 0.3) is 5.69 Å². The van der Waals surface area contributed by atoms with E-state index in [2.05, 4.69) is 0 Å². The van der Waals surface area contributed by atoms with Gasteiger partial charge in [-0.2, -0.15) is 0 Å². The van der Waals surface area contributed by atoms with Crippen LogP contribution in [-0.2, 0) is 4.79 Å². The number of ketones is 1. The number of nitro groups is 1. The first-order valence-electron chi connectivity index (χ1n) is 5.24. The Hall–Kier alpha value is -1.21. The highest BCUT2D eigenvalue weighted by Gasteiger charge is 2.24. The van der Waals surface area contributed by atoms with E-state index in [-0.39, 0.29) is 11.3 Å². The Morgan fingerprint density at radius 2 is 1.79 bits per heavy atom. The molecule has 1 aromatic rings. The van der Waals surface area contributed by atoms with Crippen molar-refractivity contribution in [2.75, 3.05) is 0 Å². The maximum atomic E-state index is 11.2. The molecule has 0 spiro atoms. The Balaban J connectivity index is 2.73. The van der Waals surface area contributed by atoms with Crippen molar-refractivity contribution in [1.82, 2.24) is 0 Å². The Morgan fingerprint density at radius 1 is 1.26 bits per heavy atom. The fourth-order valence-corrected chi connectivity index (χ4v) is 1.60. The standard InChI is InChI=1S/C11H11Cl2NO5/c12-11(13)9(16)5-8(15)10(17)6-1-3-7(4-2-6)14(18)19/h1-4,8,10-11,15,17H,5H2/t8-,10+/m0/s1. The predicted molar refractivity (Wildman–Crippen MR) is 69.2 cm³/mol. The highest BCUT2D eigenvalue weighted by molar-refractivity contribution is 6.53. The monoisotopic (exact) mass is 307 g/mol. The Labute approximate surface area is 118 Å². The van der Waals surface area contributed by atoms with Gasteiger partial charge in [-0.1, -0.05) is 23.2 Å². The summed E-state index contributed by atoms with van der Waals surface area (Å²) in [4.78, 5) is 19.8. The molecule has 0 radical (unpaired) electrons. The summed E-state index contributed by atoms with van der Waals surface area (Å²) in [7, 11) is 0. The zero-order valence-electron chi connectivity index (χ0n) is 9.57. The number of rotatable bonds is 6. The van der Waals surface area contributed by atoms with Gasteiger partial charge < -0.3 is 10.2 Å². The molecule has 6 nitrogen and oxygen atoms in total. The second-order valence-corrected chi connectivity index (χ2v) is 4.93. The third-order valence-corrected chi connectivity index (χ3v) is 2.95. The highest BCUT2D eigenvalue weighted by Crippen LogP contribution is 2.23. The van der Waals surface area contributed by atoms with E-state index in [0.717, 1.165) is 0 Å². The highest BCUT2D eigenvalue weighted by atomic mass is 35.5. The number of aliphatic hydroxyl groups excluding tert-OH is 2. The molecular weight excluding hydrogens is 297 g/mol. The van der Waals surface area contributed by atoms with Gasteiger partial charge in [-0.15, -0.1) is 0 Å². The van der Waals surface area contributed by atoms with E-state index in [9.17, 15) is 25.1 Å². The zero-order chi connectivity index (χ0) is 14.6. The van der Waals surface area contributed by atoms with Crippen LogP contribution in [0.4, 0.5) is 5.69 Å². The van der Waals surface area contributed by atoms with Gasteiger partial charge in [-0.05, 0) is 17.7 Å².